The summed E-state index contributed by atoms with van der Waals surface area (Å²) in [6.45, 7) is -1.04. The van der Waals surface area contributed by atoms with Crippen molar-refractivity contribution >= 4 is 5.97 Å². The lowest BCUT2D eigenvalue weighted by Gasteiger charge is -2.05. The zero-order chi connectivity index (χ0) is 10.6. The maximum Gasteiger partial charge on any atom is 0.335 e. The third-order valence-electron chi connectivity index (χ3n) is 1.51. The van der Waals surface area contributed by atoms with E-state index in [2.05, 4.69) is 4.74 Å². The van der Waals surface area contributed by atoms with Crippen molar-refractivity contribution in [1.82, 2.24) is 0 Å². The number of hydrogen-bond acceptors (Lipinski definition) is 2. The van der Waals surface area contributed by atoms with E-state index in [1.807, 2.05) is 0 Å². The molecule has 0 saturated heterocycles. The second-order valence-electron chi connectivity index (χ2n) is 2.49. The Kier molecular flexibility index (Phi) is 3.39. The molecule has 5 heteroatoms. The van der Waals surface area contributed by atoms with Gasteiger partial charge in [-0.25, -0.2) is 13.6 Å². The molecule has 76 valence electrons. The minimum absolute atomic E-state index is 0.0970. The van der Waals surface area contributed by atoms with Gasteiger partial charge in [0.05, 0.1) is 5.56 Å². The quantitative estimate of drug-likeness (QED) is 0.810. The molecule has 0 aromatic heterocycles. The lowest BCUT2D eigenvalue weighted by atomic mass is 10.2. The van der Waals surface area contributed by atoms with Crippen LogP contribution in [0.3, 0.4) is 0 Å². The molecule has 0 atom stereocenters. The van der Waals surface area contributed by atoms with Crippen LogP contribution in [0.15, 0.2) is 18.2 Å². The Morgan fingerprint density at radius 2 is 2.21 bits per heavy atom. The average molecular weight is 202 g/mol. The van der Waals surface area contributed by atoms with Crippen LogP contribution in [0.1, 0.15) is 10.4 Å². The highest BCUT2D eigenvalue weighted by Crippen LogP contribution is 2.18. The van der Waals surface area contributed by atoms with E-state index >= 15 is 0 Å². The molecule has 0 bridgehead atoms. The first-order valence-electron chi connectivity index (χ1n) is 3.86. The van der Waals surface area contributed by atoms with Crippen LogP contribution in [-0.2, 0) is 0 Å². The van der Waals surface area contributed by atoms with Crippen molar-refractivity contribution in [3.63, 3.8) is 0 Å². The second kappa shape index (κ2) is 4.55. The Morgan fingerprint density at radius 1 is 1.50 bits per heavy atom. The van der Waals surface area contributed by atoms with E-state index < -0.39 is 18.5 Å². The Balaban J connectivity index is 2.90. The van der Waals surface area contributed by atoms with Crippen LogP contribution in [0.5, 0.6) is 5.75 Å². The standard InChI is InChI=1S/C9H8F2O3/c10-3-4-14-8-5-6(9(12)13)1-2-7(8)11/h1-2,5H,3-4H2,(H,12,13). The largest absolute Gasteiger partial charge is 0.488 e. The number of carbonyl (C=O) groups is 1. The number of carboxylic acid groups (broad SMARTS) is 1. The Hall–Kier alpha value is -1.65. The molecular weight excluding hydrogens is 194 g/mol. The van der Waals surface area contributed by atoms with Crippen LogP contribution in [0.4, 0.5) is 8.78 Å². The topological polar surface area (TPSA) is 46.5 Å². The van der Waals surface area contributed by atoms with Crippen LogP contribution >= 0.6 is 0 Å². The maximum atomic E-state index is 12.9. The van der Waals surface area contributed by atoms with E-state index in [0.717, 1.165) is 18.2 Å². The van der Waals surface area contributed by atoms with Gasteiger partial charge in [0.15, 0.2) is 11.6 Å². The van der Waals surface area contributed by atoms with Gasteiger partial charge in [-0.1, -0.05) is 0 Å². The summed E-state index contributed by atoms with van der Waals surface area (Å²) in [5.74, 6) is -2.14. The van der Waals surface area contributed by atoms with Gasteiger partial charge in [-0.2, -0.15) is 0 Å². The number of halogens is 2. The van der Waals surface area contributed by atoms with Crippen LogP contribution in [0.25, 0.3) is 0 Å². The number of benzene rings is 1. The Bertz CT molecular complexity index is 339. The summed E-state index contributed by atoms with van der Waals surface area (Å²) in [6.07, 6.45) is 0. The summed E-state index contributed by atoms with van der Waals surface area (Å²) < 4.78 is 29.3. The third kappa shape index (κ3) is 2.42. The van der Waals surface area contributed by atoms with E-state index in [1.54, 1.807) is 0 Å². The molecule has 0 spiro atoms. The summed E-state index contributed by atoms with van der Waals surface area (Å²) in [7, 11) is 0. The highest BCUT2D eigenvalue weighted by Gasteiger charge is 2.08. The highest BCUT2D eigenvalue weighted by atomic mass is 19.1. The molecule has 0 heterocycles. The molecule has 3 nitrogen and oxygen atoms in total. The highest BCUT2D eigenvalue weighted by molar-refractivity contribution is 5.88. The first-order valence-corrected chi connectivity index (χ1v) is 3.86. The second-order valence-corrected chi connectivity index (χ2v) is 2.49. The lowest BCUT2D eigenvalue weighted by Crippen LogP contribution is -2.03. The van der Waals surface area contributed by atoms with Crippen molar-refractivity contribution in [2.45, 2.75) is 0 Å². The van der Waals surface area contributed by atoms with Crippen molar-refractivity contribution in [2.24, 2.45) is 0 Å². The summed E-state index contributed by atoms with van der Waals surface area (Å²) in [6, 6.07) is 3.10. The van der Waals surface area contributed by atoms with E-state index in [0.29, 0.717) is 0 Å². The number of hydrogen-bond donors (Lipinski definition) is 1. The molecule has 1 aromatic rings. The molecule has 0 unspecified atom stereocenters. The number of aromatic carboxylic acids is 1. The molecule has 0 radical (unpaired) electrons. The molecule has 0 aliphatic rings. The fourth-order valence-electron chi connectivity index (χ4n) is 0.896. The molecule has 1 rings (SSSR count). The van der Waals surface area contributed by atoms with Crippen LogP contribution < -0.4 is 4.74 Å². The molecule has 0 amide bonds. The Morgan fingerprint density at radius 3 is 2.79 bits per heavy atom. The van der Waals surface area contributed by atoms with Gasteiger partial charge in [0.25, 0.3) is 0 Å². The lowest BCUT2D eigenvalue weighted by molar-refractivity contribution is 0.0696. The fraction of sp³-hybridized carbons (Fsp3) is 0.222. The van der Waals surface area contributed by atoms with Gasteiger partial charge in [-0.15, -0.1) is 0 Å². The van der Waals surface area contributed by atoms with E-state index in [4.69, 9.17) is 5.11 Å². The molecular formula is C9H8F2O3. The summed E-state index contributed by atoms with van der Waals surface area (Å²) >= 11 is 0. The smallest absolute Gasteiger partial charge is 0.335 e. The number of carboxylic acids is 1. The first kappa shape index (κ1) is 10.4. The van der Waals surface area contributed by atoms with Gasteiger partial charge in [0.1, 0.15) is 13.3 Å². The predicted octanol–water partition coefficient (Wildman–Crippen LogP) is 1.87. The van der Waals surface area contributed by atoms with Gasteiger partial charge in [0.2, 0.25) is 0 Å². The van der Waals surface area contributed by atoms with Gasteiger partial charge >= 0.3 is 5.97 Å². The summed E-state index contributed by atoms with van der Waals surface area (Å²) in [4.78, 5) is 10.5. The normalized spacial score (nSPS) is 9.86. The van der Waals surface area contributed by atoms with Gasteiger partial charge < -0.3 is 9.84 Å². The molecule has 0 aliphatic carbocycles. The molecule has 0 saturated carbocycles. The maximum absolute atomic E-state index is 12.9. The first-order chi connectivity index (χ1) is 6.65. The third-order valence-corrected chi connectivity index (χ3v) is 1.51. The minimum atomic E-state index is -1.19. The van der Waals surface area contributed by atoms with Crippen molar-refractivity contribution in [3.05, 3.63) is 29.6 Å². The van der Waals surface area contributed by atoms with Crippen molar-refractivity contribution in [3.8, 4) is 5.75 Å². The van der Waals surface area contributed by atoms with E-state index in [1.165, 1.54) is 0 Å². The van der Waals surface area contributed by atoms with E-state index in [9.17, 15) is 13.6 Å². The number of ether oxygens (including phenoxy) is 1. The van der Waals surface area contributed by atoms with Crippen LogP contribution in [0, 0.1) is 5.82 Å². The zero-order valence-corrected chi connectivity index (χ0v) is 7.17. The fourth-order valence-corrected chi connectivity index (χ4v) is 0.896. The molecule has 1 aromatic carbocycles. The Labute approximate surface area is 78.9 Å². The average Bonchev–Trinajstić information content (AvgIpc) is 2.16. The SMILES string of the molecule is O=C(O)c1ccc(F)c(OCCF)c1. The van der Waals surface area contributed by atoms with Gasteiger partial charge in [-0.3, -0.25) is 0 Å². The summed E-state index contributed by atoms with van der Waals surface area (Å²) in [5, 5.41) is 8.57. The van der Waals surface area contributed by atoms with Gasteiger partial charge in [-0.05, 0) is 18.2 Å². The van der Waals surface area contributed by atoms with Crippen LogP contribution in [-0.4, -0.2) is 24.4 Å². The summed E-state index contributed by atoms with van der Waals surface area (Å²) in [5.41, 5.74) is -0.0970. The zero-order valence-electron chi connectivity index (χ0n) is 7.17. The number of alkyl halides is 1. The van der Waals surface area contributed by atoms with Crippen molar-refractivity contribution in [2.75, 3.05) is 13.3 Å². The van der Waals surface area contributed by atoms with Crippen LogP contribution in [0.2, 0.25) is 0 Å². The minimum Gasteiger partial charge on any atom is -0.488 e. The molecule has 0 aliphatic heterocycles. The predicted molar refractivity (Wildman–Crippen MR) is 44.8 cm³/mol. The molecule has 0 fully saturated rings. The number of rotatable bonds is 4. The van der Waals surface area contributed by atoms with Crippen molar-refractivity contribution in [1.29, 1.82) is 0 Å². The van der Waals surface area contributed by atoms with E-state index in [-0.39, 0.29) is 17.9 Å². The van der Waals surface area contributed by atoms with Crippen molar-refractivity contribution < 1.29 is 23.4 Å². The van der Waals surface area contributed by atoms with Gasteiger partial charge in [0, 0.05) is 0 Å². The monoisotopic (exact) mass is 202 g/mol. The molecule has 1 N–H and O–H groups in total. The molecule has 14 heavy (non-hydrogen) atoms.